The number of nitrogens with one attached hydrogen (secondary N) is 2. The monoisotopic (exact) mass is 1130 g/mol. The number of thioether (sulfide) groups is 1. The highest BCUT2D eigenvalue weighted by Crippen LogP contribution is 2.44. The Labute approximate surface area is 453 Å². The second kappa shape index (κ2) is 24.9. The molecule has 4 aliphatic rings. The van der Waals surface area contributed by atoms with E-state index in [2.05, 4.69) is 44.0 Å². The zero-order valence-electron chi connectivity index (χ0n) is 42.8. The van der Waals surface area contributed by atoms with E-state index in [4.69, 9.17) is 16.3 Å². The number of ether oxygens (including phenoxy) is 1. The molecule has 15 nitrogen and oxygen atoms in total. The summed E-state index contributed by atoms with van der Waals surface area (Å²) in [5.41, 5.74) is -1.51. The molecule has 3 aliphatic heterocycles. The number of hydrogen-bond acceptors (Lipinski definition) is 13. The molecule has 0 aromatic heterocycles. The fraction of sp³-hybridized carbons (Fsp3) is 0.481. The first-order chi connectivity index (χ1) is 36.2. The van der Waals surface area contributed by atoms with Crippen LogP contribution in [0.2, 0.25) is 5.02 Å². The van der Waals surface area contributed by atoms with Gasteiger partial charge in [0.05, 0.1) is 17.2 Å². The number of hydrogen-bond donors (Lipinski definition) is 3. The Hall–Kier alpha value is -4.87. The van der Waals surface area contributed by atoms with Crippen molar-refractivity contribution in [2.45, 2.75) is 78.2 Å². The lowest BCUT2D eigenvalue weighted by molar-refractivity contribution is -0.0436. The molecular weight excluding hydrogens is 1060 g/mol. The summed E-state index contributed by atoms with van der Waals surface area (Å²) in [6.07, 6.45) is 3.18. The normalized spacial score (nSPS) is 21.3. The van der Waals surface area contributed by atoms with Gasteiger partial charge >= 0.3 is 11.6 Å². The summed E-state index contributed by atoms with van der Waals surface area (Å²) in [7, 11) is -11.0. The second-order valence-electron chi connectivity index (χ2n) is 20.5. The molecule has 3 saturated heterocycles. The Balaban J connectivity index is 0.916. The zero-order chi connectivity index (χ0) is 54.3. The summed E-state index contributed by atoms with van der Waals surface area (Å²) in [6.45, 7) is 13.9. The van der Waals surface area contributed by atoms with Gasteiger partial charge < -0.3 is 29.9 Å². The van der Waals surface area contributed by atoms with Crippen molar-refractivity contribution in [3.05, 3.63) is 119 Å². The van der Waals surface area contributed by atoms with Crippen LogP contribution in [-0.4, -0.2) is 169 Å². The third-order valence-corrected chi connectivity index (χ3v) is 19.1. The van der Waals surface area contributed by atoms with E-state index in [0.29, 0.717) is 82.3 Å². The lowest BCUT2D eigenvalue weighted by Gasteiger charge is -2.45. The van der Waals surface area contributed by atoms with Crippen molar-refractivity contribution >= 4 is 72.2 Å². The third-order valence-electron chi connectivity index (χ3n) is 14.8. The number of benzene rings is 4. The second-order valence-corrected chi connectivity index (χ2v) is 25.7. The molecule has 3 atom stereocenters. The maximum absolute atomic E-state index is 14.3. The number of piperazine rings is 2. The van der Waals surface area contributed by atoms with Gasteiger partial charge in [0.2, 0.25) is 0 Å². The smallest absolute Gasteiger partial charge is 0.465 e. The number of alkyl halides is 3. The van der Waals surface area contributed by atoms with E-state index in [1.807, 2.05) is 54.1 Å². The minimum atomic E-state index is -6.08. The van der Waals surface area contributed by atoms with Gasteiger partial charge in [-0.1, -0.05) is 54.4 Å². The molecule has 3 heterocycles. The molecule has 0 bridgehead atoms. The number of halogens is 4. The predicted molar refractivity (Wildman–Crippen MR) is 291 cm³/mol. The van der Waals surface area contributed by atoms with Crippen molar-refractivity contribution in [2.75, 3.05) is 108 Å². The highest BCUT2D eigenvalue weighted by molar-refractivity contribution is 7.99. The van der Waals surface area contributed by atoms with Gasteiger partial charge in [0.1, 0.15) is 4.90 Å². The first-order valence-electron chi connectivity index (χ1n) is 25.7. The van der Waals surface area contributed by atoms with E-state index >= 15 is 0 Å². The Bertz CT molecular complexity index is 2910. The van der Waals surface area contributed by atoms with E-state index in [1.54, 1.807) is 12.1 Å². The minimum Gasteiger partial charge on any atom is -0.465 e. The van der Waals surface area contributed by atoms with Crippen LogP contribution in [0.4, 0.5) is 29.3 Å². The van der Waals surface area contributed by atoms with Gasteiger partial charge in [0.15, 0.2) is 0 Å². The highest BCUT2D eigenvalue weighted by atomic mass is 35.5. The fourth-order valence-electron chi connectivity index (χ4n) is 10.7. The van der Waals surface area contributed by atoms with Crippen LogP contribution in [0.1, 0.15) is 61.9 Å². The summed E-state index contributed by atoms with van der Waals surface area (Å²) in [6, 6.07) is 25.6. The number of anilines is 2. The number of allylic oxidation sites excluding steroid dienone is 1. The van der Waals surface area contributed by atoms with Gasteiger partial charge in [-0.3, -0.25) is 14.6 Å². The number of carbonyl (C=O) groups is 2. The number of amides is 2. The first kappa shape index (κ1) is 57.3. The maximum Gasteiger partial charge on any atom is 0.501 e. The van der Waals surface area contributed by atoms with Gasteiger partial charge in [-0.25, -0.2) is 26.4 Å². The van der Waals surface area contributed by atoms with Crippen LogP contribution in [0.25, 0.3) is 5.57 Å². The Morgan fingerprint density at radius 3 is 2.26 bits per heavy atom. The van der Waals surface area contributed by atoms with Crippen LogP contribution < -0.4 is 14.9 Å². The zero-order valence-corrected chi connectivity index (χ0v) is 46.0. The summed E-state index contributed by atoms with van der Waals surface area (Å²) in [5, 5.41) is 13.3. The number of carbonyl (C=O) groups excluding carboxylic acids is 1. The molecule has 0 spiro atoms. The number of sulfone groups is 1. The standard InChI is InChI=1S/C54H67ClF3N7O8S3/c1-39-35-63(26-29-65(39)52(67)68)38-53(2)21-19-48(40-9-13-43(55)14-10-40)42(34-53)36-62-24-27-64(28-25-62)45-15-11-41(12-16-45)51(66)60-76(71,72)47-17-18-49(50(33-47)75(69,70)54(56,57)58)59-44(37-74-46-7-4-3-5-8-46)20-23-61-22-6-31-73-32-30-61/h3-5,7-18,33,39,44,59H,6,19-32,34-38H2,1-2H3,(H,60,66)(H,67,68)/t39-,44+,53+/m0/s1. The summed E-state index contributed by atoms with van der Waals surface area (Å²) in [5.74, 6) is -0.688. The quantitative estimate of drug-likeness (QED) is 0.0807. The molecule has 4 aromatic carbocycles. The molecule has 22 heteroatoms. The van der Waals surface area contributed by atoms with Crippen LogP contribution in [0, 0.1) is 5.41 Å². The van der Waals surface area contributed by atoms with E-state index in [-0.39, 0.29) is 17.0 Å². The Kier molecular flexibility index (Phi) is 18.7. The van der Waals surface area contributed by atoms with Gasteiger partial charge in [-0.2, -0.15) is 13.2 Å². The summed E-state index contributed by atoms with van der Waals surface area (Å²) < 4.78 is 104. The topological polar surface area (TPSA) is 172 Å². The number of carboxylic acid groups (broad SMARTS) is 1. The molecule has 0 saturated carbocycles. The summed E-state index contributed by atoms with van der Waals surface area (Å²) in [4.78, 5) is 34.8. The molecule has 1 aliphatic carbocycles. The van der Waals surface area contributed by atoms with E-state index in [0.717, 1.165) is 86.7 Å². The number of rotatable bonds is 18. The van der Waals surface area contributed by atoms with Crippen molar-refractivity contribution in [1.82, 2.24) is 24.3 Å². The van der Waals surface area contributed by atoms with Gasteiger partial charge in [0.25, 0.3) is 25.8 Å². The molecule has 0 radical (unpaired) electrons. The molecule has 3 fully saturated rings. The molecule has 76 heavy (non-hydrogen) atoms. The van der Waals surface area contributed by atoms with Crippen LogP contribution in [0.15, 0.2) is 117 Å². The largest absolute Gasteiger partial charge is 0.501 e. The molecule has 8 rings (SSSR count). The fourth-order valence-corrected chi connectivity index (χ4v) is 13.9. The van der Waals surface area contributed by atoms with Gasteiger partial charge in [-0.05, 0) is 122 Å². The van der Waals surface area contributed by atoms with Crippen molar-refractivity contribution in [2.24, 2.45) is 5.41 Å². The van der Waals surface area contributed by atoms with Crippen molar-refractivity contribution < 1.29 is 49.4 Å². The van der Waals surface area contributed by atoms with Crippen LogP contribution in [-0.2, 0) is 24.6 Å². The molecule has 0 unspecified atom stereocenters. The lowest BCUT2D eigenvalue weighted by atomic mass is 9.71. The van der Waals surface area contributed by atoms with Crippen molar-refractivity contribution in [1.29, 1.82) is 0 Å². The first-order valence-corrected chi connectivity index (χ1v) is 30.0. The van der Waals surface area contributed by atoms with E-state index in [9.17, 15) is 44.7 Å². The lowest BCUT2D eigenvalue weighted by Crippen LogP contribution is -2.55. The maximum atomic E-state index is 14.3. The molecule has 2 amide bonds. The Morgan fingerprint density at radius 1 is 0.868 bits per heavy atom. The predicted octanol–water partition coefficient (Wildman–Crippen LogP) is 8.89. The van der Waals surface area contributed by atoms with E-state index in [1.165, 1.54) is 39.9 Å². The van der Waals surface area contributed by atoms with Gasteiger partial charge in [-0.15, -0.1) is 11.8 Å². The van der Waals surface area contributed by atoms with Gasteiger partial charge in [0, 0.05) is 124 Å². The van der Waals surface area contributed by atoms with E-state index < -0.39 is 58.9 Å². The van der Waals surface area contributed by atoms with Crippen LogP contribution in [0.3, 0.4) is 0 Å². The van der Waals surface area contributed by atoms with Crippen molar-refractivity contribution in [3.8, 4) is 0 Å². The third kappa shape index (κ3) is 14.6. The molecule has 3 N–H and O–H groups in total. The van der Waals surface area contributed by atoms with Crippen molar-refractivity contribution in [3.63, 3.8) is 0 Å². The average molecular weight is 1130 g/mol. The molecular formula is C54H67ClF3N7O8S3. The van der Waals surface area contributed by atoms with Crippen LogP contribution >= 0.6 is 23.4 Å². The molecule has 4 aromatic rings. The Morgan fingerprint density at radius 2 is 1.58 bits per heavy atom. The minimum absolute atomic E-state index is 0.000417. The average Bonchev–Trinajstić information content (AvgIpc) is 3.68. The molecule has 412 valence electrons. The van der Waals surface area contributed by atoms with Crippen LogP contribution in [0.5, 0.6) is 0 Å². The SMILES string of the molecule is C[C@H]1CN(C[C@]2(C)CCC(c3ccc(Cl)cc3)=C(CN3CCN(c4ccc(C(=O)NS(=O)(=O)c5ccc(N[C@H](CCN6CCCOCC6)CSc6ccccc6)c(S(=O)(=O)C(F)(F)F)c5)cc4)CC3)C2)CCN1C(=O)O. The highest BCUT2D eigenvalue weighted by Gasteiger charge is 2.49. The number of nitrogens with zero attached hydrogens (tertiary/aromatic N) is 5. The summed E-state index contributed by atoms with van der Waals surface area (Å²) >= 11 is 7.74. The number of sulfonamides is 1.